The molecule has 0 aliphatic rings. The average Bonchev–Trinajstić information content (AvgIpc) is 2.05. The molecule has 82 valence electrons. The van der Waals surface area contributed by atoms with Crippen molar-refractivity contribution in [1.29, 1.82) is 0 Å². The summed E-state index contributed by atoms with van der Waals surface area (Å²) in [5.41, 5.74) is -0.327. The molecule has 0 amide bonds. The first-order valence-electron chi connectivity index (χ1n) is 4.49. The van der Waals surface area contributed by atoms with Crippen LogP contribution in [-0.2, 0) is 4.74 Å². The summed E-state index contributed by atoms with van der Waals surface area (Å²) in [4.78, 5) is 3.60. The van der Waals surface area contributed by atoms with Gasteiger partial charge in [0, 0.05) is 11.4 Å². The molecule has 0 N–H and O–H groups in total. The van der Waals surface area contributed by atoms with Crippen LogP contribution in [0.25, 0.3) is 0 Å². The number of halogens is 1. The van der Waals surface area contributed by atoms with Crippen molar-refractivity contribution >= 4 is 11.8 Å². The first-order chi connectivity index (χ1) is 6.87. The second-order valence-corrected chi connectivity index (χ2v) is 3.98. The molecule has 0 heterocycles. The van der Waals surface area contributed by atoms with Crippen LogP contribution in [0, 0.1) is 11.9 Å². The third-order valence-corrected chi connectivity index (χ3v) is 1.36. The second kappa shape index (κ2) is 7.85. The molecule has 0 atom stereocenters. The first-order valence-corrected chi connectivity index (χ1v) is 4.49. The van der Waals surface area contributed by atoms with Gasteiger partial charge in [0.1, 0.15) is 6.08 Å². The maximum atomic E-state index is 12.5. The fraction of sp³-hybridized carbons (Fsp3) is 0.364. The van der Waals surface area contributed by atoms with E-state index in [0.717, 1.165) is 6.07 Å². The van der Waals surface area contributed by atoms with Gasteiger partial charge in [0.25, 0.3) is 0 Å². The molecule has 1 aromatic carbocycles. The summed E-state index contributed by atoms with van der Waals surface area (Å²) in [5, 5.41) is 11.2. The van der Waals surface area contributed by atoms with Crippen molar-refractivity contribution in [2.75, 3.05) is 0 Å². The Bertz CT molecular complexity index is 361. The van der Waals surface area contributed by atoms with Crippen molar-refractivity contribution in [2.24, 2.45) is 4.99 Å². The molecule has 1 aromatic rings. The summed E-state index contributed by atoms with van der Waals surface area (Å²) < 4.78 is 17.5. The Kier molecular flexibility index (Phi) is 8.76. The number of aliphatic imine (C=N–C) groups is 1. The zero-order valence-corrected chi connectivity index (χ0v) is 10.9. The van der Waals surface area contributed by atoms with E-state index in [1.807, 2.05) is 0 Å². The van der Waals surface area contributed by atoms with E-state index in [-0.39, 0.29) is 43.4 Å². The number of ether oxygens (including phenoxy) is 1. The van der Waals surface area contributed by atoms with Gasteiger partial charge in [-0.15, -0.1) is 18.2 Å². The van der Waals surface area contributed by atoms with Gasteiger partial charge in [-0.1, -0.05) is 20.8 Å². The third-order valence-electron chi connectivity index (χ3n) is 1.36. The van der Waals surface area contributed by atoms with Crippen molar-refractivity contribution < 1.29 is 52.0 Å². The summed E-state index contributed by atoms with van der Waals surface area (Å²) in [6.07, 6.45) is -0.703. The molecule has 0 fully saturated rings. The molecule has 0 unspecified atom stereocenters. The van der Waals surface area contributed by atoms with E-state index >= 15 is 0 Å². The average molecular weight is 223 g/mol. The monoisotopic (exact) mass is 223 g/mol. The SMILES string of the molecule is CC(C)(C)OC([O-])=Nc1[c-]cc(F)cc1.[Li+].[Li+]. The van der Waals surface area contributed by atoms with Crippen LogP contribution >= 0.6 is 0 Å². The first kappa shape index (κ1) is 19.0. The molecule has 6 heteroatoms. The molecule has 0 spiro atoms. The summed E-state index contributed by atoms with van der Waals surface area (Å²) in [7, 11) is 0. The van der Waals surface area contributed by atoms with E-state index < -0.39 is 17.5 Å². The van der Waals surface area contributed by atoms with Crippen LogP contribution in [0.15, 0.2) is 23.2 Å². The largest absolute Gasteiger partial charge is 1.00 e. The summed E-state index contributed by atoms with van der Waals surface area (Å²) in [6.45, 7) is 5.23. The van der Waals surface area contributed by atoms with E-state index in [0.29, 0.717) is 0 Å². The van der Waals surface area contributed by atoms with E-state index in [9.17, 15) is 9.50 Å². The van der Waals surface area contributed by atoms with Gasteiger partial charge >= 0.3 is 37.7 Å². The maximum Gasteiger partial charge on any atom is 1.00 e. The van der Waals surface area contributed by atoms with Crippen LogP contribution < -0.4 is 42.8 Å². The van der Waals surface area contributed by atoms with Crippen molar-refractivity contribution in [1.82, 2.24) is 0 Å². The number of hydrogen-bond donors (Lipinski definition) is 0. The molecular formula is C11H12FLi2NO2. The maximum absolute atomic E-state index is 12.5. The normalized spacial score (nSPS) is 11.2. The molecule has 0 radical (unpaired) electrons. The number of hydrogen-bond acceptors (Lipinski definition) is 3. The van der Waals surface area contributed by atoms with Gasteiger partial charge in [-0.05, 0) is 5.69 Å². The van der Waals surface area contributed by atoms with Gasteiger partial charge < -0.3 is 9.84 Å². The van der Waals surface area contributed by atoms with Gasteiger partial charge in [0.05, 0.1) is 0 Å². The Morgan fingerprint density at radius 2 is 1.94 bits per heavy atom. The van der Waals surface area contributed by atoms with Crippen LogP contribution in [0.2, 0.25) is 0 Å². The number of benzene rings is 1. The predicted molar refractivity (Wildman–Crippen MR) is 53.2 cm³/mol. The standard InChI is InChI=1S/C11H13FNO2.2Li/c1-11(2,3)15-10(14)13-9-6-4-8(12)5-7-9;;/h4-6H,1-3H3,(H,13,14);;/q-1;2*+1/p-1. The Labute approximate surface area is 125 Å². The topological polar surface area (TPSA) is 44.6 Å². The number of nitrogens with zero attached hydrogens (tertiary/aromatic N) is 1. The van der Waals surface area contributed by atoms with Crippen molar-refractivity contribution in [3.05, 3.63) is 30.1 Å². The van der Waals surface area contributed by atoms with Gasteiger partial charge in [-0.2, -0.15) is 6.07 Å². The van der Waals surface area contributed by atoms with Gasteiger partial charge in [-0.3, -0.25) is 9.38 Å². The number of rotatable bonds is 1. The minimum Gasteiger partial charge on any atom is -0.594 e. The van der Waals surface area contributed by atoms with Crippen LogP contribution in [0.3, 0.4) is 0 Å². The molecular weight excluding hydrogens is 211 g/mol. The second-order valence-electron chi connectivity index (χ2n) is 3.98. The molecule has 3 nitrogen and oxygen atoms in total. The fourth-order valence-corrected chi connectivity index (χ4v) is 0.850. The minimum absolute atomic E-state index is 0. The molecule has 17 heavy (non-hydrogen) atoms. The van der Waals surface area contributed by atoms with Gasteiger partial charge in [0.2, 0.25) is 0 Å². The van der Waals surface area contributed by atoms with Crippen molar-refractivity contribution in [3.8, 4) is 0 Å². The molecule has 0 aromatic heterocycles. The molecule has 0 aliphatic carbocycles. The van der Waals surface area contributed by atoms with E-state index in [2.05, 4.69) is 11.1 Å². The van der Waals surface area contributed by atoms with Crippen LogP contribution in [-0.4, -0.2) is 11.7 Å². The van der Waals surface area contributed by atoms with Gasteiger partial charge in [-0.25, -0.2) is 0 Å². The Balaban J connectivity index is 0. The van der Waals surface area contributed by atoms with Crippen molar-refractivity contribution in [2.45, 2.75) is 26.4 Å². The zero-order chi connectivity index (χ0) is 11.5. The zero-order valence-electron chi connectivity index (χ0n) is 10.9. The summed E-state index contributed by atoms with van der Waals surface area (Å²) >= 11 is 0. The van der Waals surface area contributed by atoms with E-state index in [4.69, 9.17) is 4.74 Å². The molecule has 0 saturated carbocycles. The molecule has 0 aliphatic heterocycles. The minimum atomic E-state index is -0.703. The van der Waals surface area contributed by atoms with E-state index in [1.54, 1.807) is 20.8 Å². The molecule has 1 rings (SSSR count). The van der Waals surface area contributed by atoms with Crippen LogP contribution in [0.1, 0.15) is 20.8 Å². The smallest absolute Gasteiger partial charge is 0.594 e. The Hall–Kier alpha value is -0.385. The Morgan fingerprint density at radius 3 is 2.35 bits per heavy atom. The molecule has 0 saturated heterocycles. The Morgan fingerprint density at radius 1 is 1.35 bits per heavy atom. The van der Waals surface area contributed by atoms with Crippen molar-refractivity contribution in [3.63, 3.8) is 0 Å². The molecule has 0 bridgehead atoms. The summed E-state index contributed by atoms with van der Waals surface area (Å²) in [5.74, 6) is -0.418. The quantitative estimate of drug-likeness (QED) is 0.210. The summed E-state index contributed by atoms with van der Waals surface area (Å²) in [6, 6.07) is 6.19. The van der Waals surface area contributed by atoms with E-state index in [1.165, 1.54) is 12.1 Å². The van der Waals surface area contributed by atoms with Crippen LogP contribution in [0.4, 0.5) is 10.1 Å². The van der Waals surface area contributed by atoms with Gasteiger partial charge in [0.15, 0.2) is 0 Å². The third kappa shape index (κ3) is 8.35. The fourth-order valence-electron chi connectivity index (χ4n) is 0.850. The predicted octanol–water partition coefficient (Wildman–Crippen LogP) is -4.20. The van der Waals surface area contributed by atoms with Crippen LogP contribution in [0.5, 0.6) is 0 Å².